The molecule has 0 radical (unpaired) electrons. The molecule has 1 atom stereocenters. The Morgan fingerprint density at radius 2 is 2.04 bits per heavy atom. The van der Waals surface area contributed by atoms with Crippen molar-refractivity contribution in [2.24, 2.45) is 0 Å². The summed E-state index contributed by atoms with van der Waals surface area (Å²) in [6.07, 6.45) is -0.205. The van der Waals surface area contributed by atoms with E-state index in [1.807, 2.05) is 45.0 Å². The first kappa shape index (κ1) is 15.7. The van der Waals surface area contributed by atoms with Crippen LogP contribution in [0.15, 0.2) is 40.0 Å². The molecule has 0 fully saturated rings. The second kappa shape index (κ2) is 6.11. The van der Waals surface area contributed by atoms with Gasteiger partial charge >= 0.3 is 5.97 Å². The van der Waals surface area contributed by atoms with Crippen LogP contribution in [-0.2, 0) is 9.53 Å². The molecule has 0 saturated carbocycles. The lowest BCUT2D eigenvalue weighted by atomic mass is 9.96. The normalized spacial score (nSPS) is 17.0. The molecular formula is C15H16BrN5O2. The molecule has 0 amide bonds. The number of halogens is 1. The van der Waals surface area contributed by atoms with Crippen LogP contribution < -0.4 is 5.32 Å². The monoisotopic (exact) mass is 377 g/mol. The molecule has 7 nitrogen and oxygen atoms in total. The molecule has 1 aliphatic rings. The number of benzene rings is 1. The van der Waals surface area contributed by atoms with Gasteiger partial charge < -0.3 is 10.1 Å². The fourth-order valence-electron chi connectivity index (χ4n) is 2.51. The third-order valence-electron chi connectivity index (χ3n) is 3.46. The highest BCUT2D eigenvalue weighted by Crippen LogP contribution is 2.35. The van der Waals surface area contributed by atoms with Gasteiger partial charge in [-0.3, -0.25) is 0 Å². The Kier molecular flexibility index (Phi) is 4.16. The zero-order valence-electron chi connectivity index (χ0n) is 12.9. The molecule has 2 heterocycles. The summed E-state index contributed by atoms with van der Waals surface area (Å²) in [6.45, 7) is 5.46. The molecule has 0 spiro atoms. The summed E-state index contributed by atoms with van der Waals surface area (Å²) in [5.41, 5.74) is 2.09. The molecule has 3 rings (SSSR count). The number of allylic oxidation sites excluding steroid dienone is 1. The first-order chi connectivity index (χ1) is 11.0. The Bertz CT molecular complexity index is 766. The van der Waals surface area contributed by atoms with E-state index < -0.39 is 6.04 Å². The SMILES string of the molecule is CC1=C(C(=O)OC(C)C)C(c2ccc(Br)cc2)n2nnnc2N1. The smallest absolute Gasteiger partial charge is 0.338 e. The third-order valence-corrected chi connectivity index (χ3v) is 3.99. The van der Waals surface area contributed by atoms with Crippen molar-refractivity contribution in [2.75, 3.05) is 5.32 Å². The number of fused-ring (bicyclic) bond motifs is 1. The van der Waals surface area contributed by atoms with Gasteiger partial charge in [-0.25, -0.2) is 4.79 Å². The lowest BCUT2D eigenvalue weighted by Gasteiger charge is -2.27. The average molecular weight is 378 g/mol. The minimum atomic E-state index is -0.430. The van der Waals surface area contributed by atoms with Gasteiger partial charge in [0.05, 0.1) is 11.7 Å². The summed E-state index contributed by atoms with van der Waals surface area (Å²) in [4.78, 5) is 12.6. The number of aromatic nitrogens is 4. The van der Waals surface area contributed by atoms with Crippen molar-refractivity contribution < 1.29 is 9.53 Å². The Balaban J connectivity index is 2.10. The van der Waals surface area contributed by atoms with E-state index in [0.29, 0.717) is 17.2 Å². The summed E-state index contributed by atoms with van der Waals surface area (Å²) in [7, 11) is 0. The highest BCUT2D eigenvalue weighted by Gasteiger charge is 2.35. The fourth-order valence-corrected chi connectivity index (χ4v) is 2.77. The summed E-state index contributed by atoms with van der Waals surface area (Å²) >= 11 is 3.42. The summed E-state index contributed by atoms with van der Waals surface area (Å²) in [6, 6.07) is 7.27. The van der Waals surface area contributed by atoms with Crippen molar-refractivity contribution in [3.05, 3.63) is 45.6 Å². The molecule has 1 N–H and O–H groups in total. The summed E-state index contributed by atoms with van der Waals surface area (Å²) in [5.74, 6) is 0.121. The van der Waals surface area contributed by atoms with Crippen molar-refractivity contribution in [3.63, 3.8) is 0 Å². The molecule has 1 aromatic carbocycles. The van der Waals surface area contributed by atoms with E-state index in [9.17, 15) is 4.79 Å². The van der Waals surface area contributed by atoms with Crippen LogP contribution in [0.25, 0.3) is 0 Å². The van der Waals surface area contributed by atoms with Crippen LogP contribution in [0.2, 0.25) is 0 Å². The number of carbonyl (C=O) groups excluding carboxylic acids is 1. The summed E-state index contributed by atoms with van der Waals surface area (Å²) in [5, 5.41) is 14.7. The molecule has 0 saturated heterocycles. The molecule has 1 aliphatic heterocycles. The molecule has 120 valence electrons. The van der Waals surface area contributed by atoms with E-state index in [4.69, 9.17) is 4.74 Å². The van der Waals surface area contributed by atoms with E-state index >= 15 is 0 Å². The Labute approximate surface area is 141 Å². The van der Waals surface area contributed by atoms with Crippen LogP contribution in [0, 0.1) is 0 Å². The van der Waals surface area contributed by atoms with Gasteiger partial charge in [-0.05, 0) is 48.9 Å². The highest BCUT2D eigenvalue weighted by molar-refractivity contribution is 9.10. The molecular weight excluding hydrogens is 362 g/mol. The van der Waals surface area contributed by atoms with Gasteiger partial charge in [0.15, 0.2) is 0 Å². The fraction of sp³-hybridized carbons (Fsp3) is 0.333. The first-order valence-electron chi connectivity index (χ1n) is 7.19. The lowest BCUT2D eigenvalue weighted by molar-refractivity contribution is -0.143. The van der Waals surface area contributed by atoms with E-state index in [-0.39, 0.29) is 12.1 Å². The van der Waals surface area contributed by atoms with Crippen LogP contribution in [0.5, 0.6) is 0 Å². The lowest BCUT2D eigenvalue weighted by Crippen LogP contribution is -2.30. The highest BCUT2D eigenvalue weighted by atomic mass is 79.9. The van der Waals surface area contributed by atoms with E-state index in [1.54, 1.807) is 4.68 Å². The molecule has 1 unspecified atom stereocenters. The maximum absolute atomic E-state index is 12.6. The van der Waals surface area contributed by atoms with E-state index in [2.05, 4.69) is 36.8 Å². The number of nitrogens with one attached hydrogen (secondary N) is 1. The standard InChI is InChI=1S/C15H16BrN5O2/c1-8(2)23-14(22)12-9(3)17-15-18-19-20-21(15)13(12)10-4-6-11(16)7-5-10/h4-8,13H,1-3H3,(H,17,18,20). The number of hydrogen-bond acceptors (Lipinski definition) is 6. The van der Waals surface area contributed by atoms with Gasteiger partial charge in [0.1, 0.15) is 6.04 Å². The van der Waals surface area contributed by atoms with E-state index in [0.717, 1.165) is 10.0 Å². The molecule has 0 bridgehead atoms. The van der Waals surface area contributed by atoms with Crippen molar-refractivity contribution in [1.29, 1.82) is 0 Å². The van der Waals surface area contributed by atoms with Crippen LogP contribution in [-0.4, -0.2) is 32.3 Å². The minimum Gasteiger partial charge on any atom is -0.459 e. The van der Waals surface area contributed by atoms with Crippen LogP contribution in [0.4, 0.5) is 5.95 Å². The molecule has 8 heteroatoms. The second-order valence-electron chi connectivity index (χ2n) is 5.52. The van der Waals surface area contributed by atoms with Crippen LogP contribution >= 0.6 is 15.9 Å². The molecule has 2 aromatic rings. The van der Waals surface area contributed by atoms with Crippen LogP contribution in [0.3, 0.4) is 0 Å². The maximum atomic E-state index is 12.6. The number of esters is 1. The average Bonchev–Trinajstić information content (AvgIpc) is 2.93. The zero-order valence-corrected chi connectivity index (χ0v) is 14.5. The number of hydrogen-bond donors (Lipinski definition) is 1. The van der Waals surface area contributed by atoms with Gasteiger partial charge in [0.2, 0.25) is 5.95 Å². The van der Waals surface area contributed by atoms with Crippen molar-refractivity contribution in [2.45, 2.75) is 32.9 Å². The predicted molar refractivity (Wildman–Crippen MR) is 87.6 cm³/mol. The molecule has 23 heavy (non-hydrogen) atoms. The number of carbonyl (C=O) groups is 1. The topological polar surface area (TPSA) is 81.9 Å². The number of ether oxygens (including phenoxy) is 1. The van der Waals surface area contributed by atoms with Crippen molar-refractivity contribution in [3.8, 4) is 0 Å². The first-order valence-corrected chi connectivity index (χ1v) is 7.98. The number of anilines is 1. The Hall–Kier alpha value is -2.22. The molecule has 1 aromatic heterocycles. The van der Waals surface area contributed by atoms with Gasteiger partial charge in [-0.2, -0.15) is 4.68 Å². The number of tetrazole rings is 1. The van der Waals surface area contributed by atoms with Crippen LogP contribution in [0.1, 0.15) is 32.4 Å². The summed E-state index contributed by atoms with van der Waals surface area (Å²) < 4.78 is 7.95. The Morgan fingerprint density at radius 3 is 2.70 bits per heavy atom. The minimum absolute atomic E-state index is 0.205. The Morgan fingerprint density at radius 1 is 1.35 bits per heavy atom. The maximum Gasteiger partial charge on any atom is 0.338 e. The van der Waals surface area contributed by atoms with Gasteiger partial charge in [0, 0.05) is 10.2 Å². The van der Waals surface area contributed by atoms with Gasteiger partial charge in [-0.1, -0.05) is 33.2 Å². The number of rotatable bonds is 3. The van der Waals surface area contributed by atoms with Crippen molar-refractivity contribution >= 4 is 27.8 Å². The van der Waals surface area contributed by atoms with E-state index in [1.165, 1.54) is 0 Å². The molecule has 0 aliphatic carbocycles. The van der Waals surface area contributed by atoms with Crippen molar-refractivity contribution in [1.82, 2.24) is 20.2 Å². The second-order valence-corrected chi connectivity index (χ2v) is 6.43. The quantitative estimate of drug-likeness (QED) is 0.828. The largest absolute Gasteiger partial charge is 0.459 e. The number of nitrogens with zero attached hydrogens (tertiary/aromatic N) is 4. The third kappa shape index (κ3) is 2.98. The zero-order chi connectivity index (χ0) is 16.6. The van der Waals surface area contributed by atoms with Gasteiger partial charge in [0.25, 0.3) is 0 Å². The van der Waals surface area contributed by atoms with Gasteiger partial charge in [-0.15, -0.1) is 0 Å². The predicted octanol–water partition coefficient (Wildman–Crippen LogP) is 2.68.